The van der Waals surface area contributed by atoms with Crippen molar-refractivity contribution in [3.63, 3.8) is 0 Å². The van der Waals surface area contributed by atoms with Crippen molar-refractivity contribution in [3.8, 4) is 17.2 Å². The van der Waals surface area contributed by atoms with E-state index in [1.807, 2.05) is 31.3 Å². The SMILES string of the molecule is COc1ccc(-n2c(SCC(=O)/C=C3\N(C)c4ccccc4C3(C)C)nc3ccccc3c2=O)cc1OC. The van der Waals surface area contributed by atoms with E-state index in [2.05, 4.69) is 30.9 Å². The summed E-state index contributed by atoms with van der Waals surface area (Å²) >= 11 is 1.24. The molecule has 1 aliphatic heterocycles. The number of carbonyl (C=O) groups is 1. The van der Waals surface area contributed by atoms with Gasteiger partial charge in [-0.3, -0.25) is 14.2 Å². The molecule has 1 aliphatic rings. The quantitative estimate of drug-likeness (QED) is 0.182. The largest absolute Gasteiger partial charge is 0.493 e. The van der Waals surface area contributed by atoms with Gasteiger partial charge in [0.05, 0.1) is 36.6 Å². The van der Waals surface area contributed by atoms with E-state index in [0.29, 0.717) is 33.2 Å². The average molecular weight is 528 g/mol. The van der Waals surface area contributed by atoms with Gasteiger partial charge in [0.2, 0.25) is 0 Å². The van der Waals surface area contributed by atoms with Gasteiger partial charge in [-0.25, -0.2) is 4.98 Å². The number of anilines is 1. The summed E-state index contributed by atoms with van der Waals surface area (Å²) in [5.74, 6) is 1.12. The van der Waals surface area contributed by atoms with Gasteiger partial charge in [-0.05, 0) is 35.9 Å². The molecule has 0 N–H and O–H groups in total. The number of hydrogen-bond donors (Lipinski definition) is 0. The molecule has 0 saturated carbocycles. The van der Waals surface area contributed by atoms with Gasteiger partial charge in [0.15, 0.2) is 22.4 Å². The third-order valence-corrected chi connectivity index (χ3v) is 7.91. The summed E-state index contributed by atoms with van der Waals surface area (Å²) in [5.41, 5.74) is 3.86. The lowest BCUT2D eigenvalue weighted by Gasteiger charge is -2.24. The number of likely N-dealkylation sites (N-methyl/N-ethyl adjacent to an activating group) is 1. The number of allylic oxidation sites excluding steroid dienone is 2. The van der Waals surface area contributed by atoms with Crippen LogP contribution < -0.4 is 19.9 Å². The Hall–Kier alpha value is -4.04. The molecule has 0 bridgehead atoms. The number of ether oxygens (including phenoxy) is 2. The Morgan fingerprint density at radius 3 is 2.45 bits per heavy atom. The van der Waals surface area contributed by atoms with Crippen LogP contribution in [0, 0.1) is 0 Å². The molecule has 4 aromatic rings. The fraction of sp³-hybridized carbons (Fsp3) is 0.233. The van der Waals surface area contributed by atoms with Gasteiger partial charge in [-0.2, -0.15) is 0 Å². The van der Waals surface area contributed by atoms with Crippen LogP contribution in [0.1, 0.15) is 19.4 Å². The maximum atomic E-state index is 13.6. The highest BCUT2D eigenvalue weighted by molar-refractivity contribution is 7.99. The van der Waals surface area contributed by atoms with Gasteiger partial charge >= 0.3 is 0 Å². The molecule has 0 aliphatic carbocycles. The number of ketones is 1. The fourth-order valence-electron chi connectivity index (χ4n) is 4.99. The van der Waals surface area contributed by atoms with E-state index in [9.17, 15) is 9.59 Å². The van der Waals surface area contributed by atoms with Crippen molar-refractivity contribution in [2.45, 2.75) is 24.4 Å². The van der Waals surface area contributed by atoms with Crippen LogP contribution in [0.2, 0.25) is 0 Å². The van der Waals surface area contributed by atoms with E-state index in [1.54, 1.807) is 50.6 Å². The van der Waals surface area contributed by atoms with Crippen molar-refractivity contribution in [3.05, 3.63) is 94.4 Å². The zero-order valence-electron chi connectivity index (χ0n) is 22.0. The Morgan fingerprint density at radius 2 is 1.71 bits per heavy atom. The molecule has 0 fully saturated rings. The van der Waals surface area contributed by atoms with Gasteiger partial charge in [-0.15, -0.1) is 0 Å². The number of benzene rings is 3. The second-order valence-electron chi connectivity index (χ2n) is 9.58. The Labute approximate surface area is 225 Å². The van der Waals surface area contributed by atoms with Crippen LogP contribution >= 0.6 is 11.8 Å². The number of fused-ring (bicyclic) bond motifs is 2. The molecule has 194 valence electrons. The molecule has 3 aromatic carbocycles. The third-order valence-electron chi connectivity index (χ3n) is 6.95. The number of carbonyl (C=O) groups excluding carboxylic acids is 1. The summed E-state index contributed by atoms with van der Waals surface area (Å²) in [7, 11) is 5.09. The maximum absolute atomic E-state index is 13.6. The molecule has 0 radical (unpaired) electrons. The molecule has 0 spiro atoms. The Bertz CT molecular complexity index is 1640. The number of rotatable bonds is 7. The van der Waals surface area contributed by atoms with Crippen molar-refractivity contribution in [2.24, 2.45) is 0 Å². The van der Waals surface area contributed by atoms with Crippen molar-refractivity contribution < 1.29 is 14.3 Å². The number of aromatic nitrogens is 2. The summed E-state index contributed by atoms with van der Waals surface area (Å²) in [6.45, 7) is 4.25. The van der Waals surface area contributed by atoms with Crippen LogP contribution in [0.25, 0.3) is 16.6 Å². The summed E-state index contributed by atoms with van der Waals surface area (Å²) in [5, 5.41) is 0.919. The second-order valence-corrected chi connectivity index (χ2v) is 10.5. The van der Waals surface area contributed by atoms with Gasteiger partial charge in [0, 0.05) is 36.0 Å². The first kappa shape index (κ1) is 25.6. The number of nitrogens with zero attached hydrogens (tertiary/aromatic N) is 3. The van der Waals surface area contributed by atoms with E-state index in [1.165, 1.54) is 21.9 Å². The zero-order valence-corrected chi connectivity index (χ0v) is 22.8. The molecule has 0 amide bonds. The molecular weight excluding hydrogens is 498 g/mol. The van der Waals surface area contributed by atoms with E-state index in [4.69, 9.17) is 14.5 Å². The minimum Gasteiger partial charge on any atom is -0.493 e. The molecule has 5 rings (SSSR count). The molecule has 7 nitrogen and oxygen atoms in total. The van der Waals surface area contributed by atoms with Crippen molar-refractivity contribution >= 4 is 34.1 Å². The number of para-hydroxylation sites is 2. The molecule has 0 atom stereocenters. The molecular formula is C30H29N3O4S. The van der Waals surface area contributed by atoms with E-state index < -0.39 is 0 Å². The van der Waals surface area contributed by atoms with Gasteiger partial charge in [0.1, 0.15) is 0 Å². The molecule has 8 heteroatoms. The Balaban J connectivity index is 1.51. The van der Waals surface area contributed by atoms with Crippen LogP contribution in [-0.2, 0) is 10.2 Å². The standard InChI is InChI=1S/C30H29N3O4S/c1-30(2)22-11-7-9-13-24(22)32(3)27(30)17-20(34)18-38-29-31-23-12-8-6-10-21(23)28(35)33(29)19-14-15-25(36-4)26(16-19)37-5/h6-17H,18H2,1-5H3/b27-17-. The van der Waals surface area contributed by atoms with Gasteiger partial charge in [0.25, 0.3) is 5.56 Å². The van der Waals surface area contributed by atoms with Crippen LogP contribution in [0.5, 0.6) is 11.5 Å². The molecule has 38 heavy (non-hydrogen) atoms. The minimum absolute atomic E-state index is 0.0565. The highest BCUT2D eigenvalue weighted by atomic mass is 32.2. The first-order valence-electron chi connectivity index (χ1n) is 12.2. The molecule has 0 unspecified atom stereocenters. The lowest BCUT2D eigenvalue weighted by atomic mass is 9.83. The normalized spacial score (nSPS) is 15.1. The highest BCUT2D eigenvalue weighted by Gasteiger charge is 2.38. The number of methoxy groups -OCH3 is 2. The van der Waals surface area contributed by atoms with Crippen molar-refractivity contribution in [1.29, 1.82) is 0 Å². The van der Waals surface area contributed by atoms with Gasteiger partial charge in [-0.1, -0.05) is 55.9 Å². The predicted molar refractivity (Wildman–Crippen MR) is 152 cm³/mol. The zero-order chi connectivity index (χ0) is 27.0. The van der Waals surface area contributed by atoms with Crippen molar-refractivity contribution in [2.75, 3.05) is 31.9 Å². The number of thioether (sulfide) groups is 1. The summed E-state index contributed by atoms with van der Waals surface area (Å²) in [6.07, 6.45) is 1.72. The Kier molecular flexibility index (Phi) is 6.75. The smallest absolute Gasteiger partial charge is 0.266 e. The molecule has 2 heterocycles. The summed E-state index contributed by atoms with van der Waals surface area (Å²) < 4.78 is 12.3. The fourth-order valence-corrected chi connectivity index (χ4v) is 5.82. The number of hydrogen-bond acceptors (Lipinski definition) is 7. The predicted octanol–water partition coefficient (Wildman–Crippen LogP) is 5.38. The summed E-state index contributed by atoms with van der Waals surface area (Å²) in [4.78, 5) is 33.7. The Morgan fingerprint density at radius 1 is 1.00 bits per heavy atom. The van der Waals surface area contributed by atoms with E-state index in [-0.39, 0.29) is 22.5 Å². The van der Waals surface area contributed by atoms with Crippen LogP contribution in [0.3, 0.4) is 0 Å². The topological polar surface area (TPSA) is 73.7 Å². The lowest BCUT2D eigenvalue weighted by Crippen LogP contribution is -2.24. The first-order chi connectivity index (χ1) is 18.3. The minimum atomic E-state index is -0.297. The maximum Gasteiger partial charge on any atom is 0.266 e. The first-order valence-corrected chi connectivity index (χ1v) is 13.2. The molecule has 1 aromatic heterocycles. The average Bonchev–Trinajstić information content (AvgIpc) is 3.12. The monoisotopic (exact) mass is 527 g/mol. The van der Waals surface area contributed by atoms with Crippen LogP contribution in [0.15, 0.2) is 88.5 Å². The third kappa shape index (κ3) is 4.35. The lowest BCUT2D eigenvalue weighted by molar-refractivity contribution is -0.112. The van der Waals surface area contributed by atoms with Gasteiger partial charge < -0.3 is 14.4 Å². The second kappa shape index (κ2) is 10.0. The van der Waals surface area contributed by atoms with E-state index in [0.717, 1.165) is 11.4 Å². The van der Waals surface area contributed by atoms with Crippen molar-refractivity contribution in [1.82, 2.24) is 9.55 Å². The highest BCUT2D eigenvalue weighted by Crippen LogP contribution is 2.46. The van der Waals surface area contributed by atoms with Crippen LogP contribution in [-0.4, -0.2) is 42.4 Å². The molecule has 0 saturated heterocycles. The van der Waals surface area contributed by atoms with E-state index >= 15 is 0 Å². The summed E-state index contributed by atoms with van der Waals surface area (Å²) in [6, 6.07) is 20.7. The van der Waals surface area contributed by atoms with Crippen LogP contribution in [0.4, 0.5) is 5.69 Å².